The maximum Gasteiger partial charge on any atom is 0.336 e. The van der Waals surface area contributed by atoms with Crippen molar-refractivity contribution in [2.75, 3.05) is 0 Å². The fourth-order valence-corrected chi connectivity index (χ4v) is 3.24. The van der Waals surface area contributed by atoms with Gasteiger partial charge in [0.2, 0.25) is 0 Å². The zero-order valence-corrected chi connectivity index (χ0v) is 17.5. The Morgan fingerprint density at radius 2 is 1.76 bits per heavy atom. The number of fused-ring (bicyclic) bond motifs is 1. The van der Waals surface area contributed by atoms with Crippen LogP contribution < -0.4 is 10.4 Å². The van der Waals surface area contributed by atoms with E-state index in [1.807, 2.05) is 48.5 Å². The van der Waals surface area contributed by atoms with Crippen LogP contribution in [0.5, 0.6) is 5.75 Å². The number of ether oxygens (including phenoxy) is 1. The minimum Gasteiger partial charge on any atom is -0.489 e. The second-order valence-corrected chi connectivity index (χ2v) is 7.68. The Morgan fingerprint density at radius 3 is 2.52 bits per heavy atom. The molecule has 0 atom stereocenters. The first-order valence-corrected chi connectivity index (χ1v) is 9.99. The molecule has 3 aromatic carbocycles. The van der Waals surface area contributed by atoms with Gasteiger partial charge in [0.15, 0.2) is 0 Å². The van der Waals surface area contributed by atoms with Gasteiger partial charge in [-0.3, -0.25) is 4.99 Å². The first kappa shape index (κ1) is 19.4. The Morgan fingerprint density at radius 1 is 1.00 bits per heavy atom. The minimum absolute atomic E-state index is 0.231. The molecule has 0 spiro atoms. The quantitative estimate of drug-likeness (QED) is 0.247. The highest BCUT2D eigenvalue weighted by atomic mass is 79.9. The molecular formula is C23H15BrClNO3. The number of halogens is 2. The number of nitrogens with zero attached hydrogens (tertiary/aromatic N) is 1. The molecule has 0 aliphatic rings. The van der Waals surface area contributed by atoms with Gasteiger partial charge in [-0.15, -0.1) is 0 Å². The van der Waals surface area contributed by atoms with Crippen LogP contribution in [0.1, 0.15) is 11.1 Å². The summed E-state index contributed by atoms with van der Waals surface area (Å²) in [6, 6.07) is 21.9. The molecule has 0 radical (unpaired) electrons. The normalized spacial score (nSPS) is 11.2. The van der Waals surface area contributed by atoms with E-state index in [0.717, 1.165) is 26.7 Å². The summed E-state index contributed by atoms with van der Waals surface area (Å²) in [5.74, 6) is 0.689. The van der Waals surface area contributed by atoms with Crippen LogP contribution in [0.25, 0.3) is 11.0 Å². The molecule has 6 heteroatoms. The molecule has 0 N–H and O–H groups in total. The van der Waals surface area contributed by atoms with Gasteiger partial charge in [0.25, 0.3) is 0 Å². The van der Waals surface area contributed by atoms with Crippen molar-refractivity contribution in [1.29, 1.82) is 0 Å². The summed E-state index contributed by atoms with van der Waals surface area (Å²) in [6.07, 6.45) is 1.80. The van der Waals surface area contributed by atoms with Gasteiger partial charge in [-0.1, -0.05) is 27.5 Å². The van der Waals surface area contributed by atoms with Gasteiger partial charge in [-0.05, 0) is 72.3 Å². The van der Waals surface area contributed by atoms with Gasteiger partial charge < -0.3 is 9.15 Å². The molecule has 0 amide bonds. The summed E-state index contributed by atoms with van der Waals surface area (Å²) in [7, 11) is 0. The molecule has 0 fully saturated rings. The Balaban J connectivity index is 1.47. The SMILES string of the molecule is O=c1cc(COc2ccc(C=Nc3ccc(Br)cc3)cc2)c2cc(Cl)ccc2o1. The number of benzene rings is 3. The molecule has 4 aromatic rings. The molecule has 0 saturated carbocycles. The van der Waals surface area contributed by atoms with E-state index >= 15 is 0 Å². The summed E-state index contributed by atoms with van der Waals surface area (Å²) < 4.78 is 12.1. The summed E-state index contributed by atoms with van der Waals surface area (Å²) in [6.45, 7) is 0.231. The molecule has 0 saturated heterocycles. The fourth-order valence-electron chi connectivity index (χ4n) is 2.81. The summed E-state index contributed by atoms with van der Waals surface area (Å²) >= 11 is 9.48. The van der Waals surface area contributed by atoms with Crippen molar-refractivity contribution in [1.82, 2.24) is 0 Å². The third-order valence-electron chi connectivity index (χ3n) is 4.25. The Kier molecular flexibility index (Phi) is 5.79. The van der Waals surface area contributed by atoms with Gasteiger partial charge in [-0.2, -0.15) is 0 Å². The molecule has 144 valence electrons. The van der Waals surface area contributed by atoms with E-state index in [0.29, 0.717) is 16.4 Å². The van der Waals surface area contributed by atoms with E-state index in [4.69, 9.17) is 20.8 Å². The van der Waals surface area contributed by atoms with Crippen LogP contribution in [-0.2, 0) is 6.61 Å². The predicted molar refractivity (Wildman–Crippen MR) is 120 cm³/mol. The lowest BCUT2D eigenvalue weighted by atomic mass is 10.1. The number of aliphatic imine (C=N–C) groups is 1. The van der Waals surface area contributed by atoms with Crippen LogP contribution in [0, 0.1) is 0 Å². The third-order valence-corrected chi connectivity index (χ3v) is 5.02. The molecule has 4 rings (SSSR count). The average molecular weight is 469 g/mol. The van der Waals surface area contributed by atoms with Crippen LogP contribution in [0.4, 0.5) is 5.69 Å². The summed E-state index contributed by atoms with van der Waals surface area (Å²) in [5.41, 5.74) is 2.62. The Bertz CT molecular complexity index is 1230. The lowest BCUT2D eigenvalue weighted by Crippen LogP contribution is -2.04. The Hall–Kier alpha value is -2.89. The largest absolute Gasteiger partial charge is 0.489 e. The van der Waals surface area contributed by atoms with Crippen molar-refractivity contribution in [2.24, 2.45) is 4.99 Å². The van der Waals surface area contributed by atoms with E-state index in [2.05, 4.69) is 20.9 Å². The maximum absolute atomic E-state index is 11.8. The zero-order chi connectivity index (χ0) is 20.2. The monoisotopic (exact) mass is 467 g/mol. The van der Waals surface area contributed by atoms with Crippen molar-refractivity contribution >= 4 is 50.4 Å². The predicted octanol–water partition coefficient (Wildman–Crippen LogP) is 6.54. The molecular weight excluding hydrogens is 454 g/mol. The average Bonchev–Trinajstić information content (AvgIpc) is 2.73. The van der Waals surface area contributed by atoms with Gasteiger partial charge in [-0.25, -0.2) is 4.79 Å². The summed E-state index contributed by atoms with van der Waals surface area (Å²) in [4.78, 5) is 16.2. The standard InChI is InChI=1S/C23H15BrClNO3/c24-17-3-6-19(7-4-17)26-13-15-1-8-20(9-2-15)28-14-16-11-23(27)29-22-10-5-18(25)12-21(16)22/h1-13H,14H2. The van der Waals surface area contributed by atoms with E-state index in [1.165, 1.54) is 6.07 Å². The lowest BCUT2D eigenvalue weighted by Gasteiger charge is -2.09. The van der Waals surface area contributed by atoms with Gasteiger partial charge in [0.1, 0.15) is 17.9 Å². The van der Waals surface area contributed by atoms with E-state index < -0.39 is 5.63 Å². The van der Waals surface area contributed by atoms with Crippen molar-refractivity contribution in [3.63, 3.8) is 0 Å². The second-order valence-electron chi connectivity index (χ2n) is 6.32. The minimum atomic E-state index is -0.419. The Labute approximate surface area is 180 Å². The van der Waals surface area contributed by atoms with E-state index in [1.54, 1.807) is 24.4 Å². The number of hydrogen-bond acceptors (Lipinski definition) is 4. The molecule has 0 aliphatic heterocycles. The van der Waals surface area contributed by atoms with Crippen LogP contribution >= 0.6 is 27.5 Å². The van der Waals surface area contributed by atoms with Crippen LogP contribution in [0.3, 0.4) is 0 Å². The molecule has 1 heterocycles. The first-order valence-electron chi connectivity index (χ1n) is 8.82. The molecule has 0 unspecified atom stereocenters. The lowest BCUT2D eigenvalue weighted by molar-refractivity contribution is 0.306. The van der Waals surface area contributed by atoms with Crippen LogP contribution in [0.15, 0.2) is 91.5 Å². The first-order chi connectivity index (χ1) is 14.1. The summed E-state index contributed by atoms with van der Waals surface area (Å²) in [5, 5.41) is 1.33. The maximum atomic E-state index is 11.8. The van der Waals surface area contributed by atoms with Crippen molar-refractivity contribution in [3.8, 4) is 5.75 Å². The van der Waals surface area contributed by atoms with Crippen molar-refractivity contribution in [2.45, 2.75) is 6.61 Å². The topological polar surface area (TPSA) is 51.8 Å². The highest BCUT2D eigenvalue weighted by Crippen LogP contribution is 2.23. The second kappa shape index (κ2) is 8.64. The highest BCUT2D eigenvalue weighted by molar-refractivity contribution is 9.10. The molecule has 0 bridgehead atoms. The number of hydrogen-bond donors (Lipinski definition) is 0. The fraction of sp³-hybridized carbons (Fsp3) is 0.0435. The van der Waals surface area contributed by atoms with Crippen LogP contribution in [0.2, 0.25) is 5.02 Å². The van der Waals surface area contributed by atoms with Crippen molar-refractivity contribution < 1.29 is 9.15 Å². The van der Waals surface area contributed by atoms with E-state index in [9.17, 15) is 4.79 Å². The van der Waals surface area contributed by atoms with Crippen LogP contribution in [-0.4, -0.2) is 6.21 Å². The zero-order valence-electron chi connectivity index (χ0n) is 15.1. The highest BCUT2D eigenvalue weighted by Gasteiger charge is 2.07. The van der Waals surface area contributed by atoms with Gasteiger partial charge in [0.05, 0.1) is 5.69 Å². The molecule has 1 aromatic heterocycles. The van der Waals surface area contributed by atoms with Gasteiger partial charge >= 0.3 is 5.63 Å². The molecule has 4 nitrogen and oxygen atoms in total. The smallest absolute Gasteiger partial charge is 0.336 e. The van der Waals surface area contributed by atoms with E-state index in [-0.39, 0.29) is 6.61 Å². The molecule has 0 aliphatic carbocycles. The van der Waals surface area contributed by atoms with Crippen molar-refractivity contribution in [3.05, 3.63) is 104 Å². The number of rotatable bonds is 5. The third kappa shape index (κ3) is 4.94. The molecule has 29 heavy (non-hydrogen) atoms. The van der Waals surface area contributed by atoms with Gasteiger partial charge in [0, 0.05) is 32.7 Å².